The summed E-state index contributed by atoms with van der Waals surface area (Å²) in [4.78, 5) is 12.2. The summed E-state index contributed by atoms with van der Waals surface area (Å²) in [6.07, 6.45) is 5.36. The van der Waals surface area contributed by atoms with Crippen LogP contribution in [0.3, 0.4) is 0 Å². The Morgan fingerprint density at radius 3 is 2.45 bits per heavy atom. The van der Waals surface area contributed by atoms with Crippen LogP contribution in [0.15, 0.2) is 22.6 Å². The molecule has 0 radical (unpaired) electrons. The zero-order valence-electron chi connectivity index (χ0n) is 13.1. The van der Waals surface area contributed by atoms with E-state index in [4.69, 9.17) is 4.42 Å². The first-order valence-electron chi connectivity index (χ1n) is 7.85. The average molecular weight is 299 g/mol. The predicted molar refractivity (Wildman–Crippen MR) is 84.4 cm³/mol. The summed E-state index contributed by atoms with van der Waals surface area (Å²) in [7, 11) is 0. The van der Waals surface area contributed by atoms with Gasteiger partial charge in [-0.25, -0.2) is 0 Å². The highest BCUT2D eigenvalue weighted by molar-refractivity contribution is 5.90. The Morgan fingerprint density at radius 2 is 1.77 bits per heavy atom. The number of aromatic nitrogens is 2. The molecule has 1 aliphatic carbocycles. The Hall–Kier alpha value is -2.17. The van der Waals surface area contributed by atoms with Crippen LogP contribution < -0.4 is 5.32 Å². The summed E-state index contributed by atoms with van der Waals surface area (Å²) in [5.41, 5.74) is 3.16. The standard InChI is InChI=1S/C17H21N3O2/c1-11-8-12(2)10-14(9-11)16-19-20-17(22-16)18-15(21)13-6-4-3-5-7-13/h8-10,13H,3-7H2,1-2H3,(H,18,20,21). The second-order valence-electron chi connectivity index (χ2n) is 6.11. The van der Waals surface area contributed by atoms with Gasteiger partial charge < -0.3 is 4.42 Å². The third kappa shape index (κ3) is 3.35. The smallest absolute Gasteiger partial charge is 0.322 e. The van der Waals surface area contributed by atoms with Gasteiger partial charge in [-0.1, -0.05) is 41.6 Å². The second-order valence-corrected chi connectivity index (χ2v) is 6.11. The van der Waals surface area contributed by atoms with Crippen LogP contribution in [0.1, 0.15) is 43.2 Å². The Labute approximate surface area is 130 Å². The summed E-state index contributed by atoms with van der Waals surface area (Å²) >= 11 is 0. The summed E-state index contributed by atoms with van der Waals surface area (Å²) < 4.78 is 5.59. The number of carbonyl (C=O) groups is 1. The van der Waals surface area contributed by atoms with Gasteiger partial charge in [-0.05, 0) is 38.8 Å². The largest absolute Gasteiger partial charge is 0.403 e. The third-order valence-corrected chi connectivity index (χ3v) is 4.10. The fourth-order valence-electron chi connectivity index (χ4n) is 3.06. The van der Waals surface area contributed by atoms with Crippen molar-refractivity contribution in [2.24, 2.45) is 5.92 Å². The fraction of sp³-hybridized carbons (Fsp3) is 0.471. The quantitative estimate of drug-likeness (QED) is 0.934. The van der Waals surface area contributed by atoms with Crippen molar-refractivity contribution in [1.82, 2.24) is 10.2 Å². The molecule has 5 heteroatoms. The van der Waals surface area contributed by atoms with Crippen molar-refractivity contribution in [1.29, 1.82) is 0 Å². The number of hydrogen-bond donors (Lipinski definition) is 1. The zero-order chi connectivity index (χ0) is 15.5. The monoisotopic (exact) mass is 299 g/mol. The molecule has 0 bridgehead atoms. The molecule has 2 aromatic rings. The van der Waals surface area contributed by atoms with E-state index in [0.717, 1.165) is 42.4 Å². The number of nitrogens with zero attached hydrogens (tertiary/aromatic N) is 2. The van der Waals surface area contributed by atoms with Crippen molar-refractivity contribution < 1.29 is 9.21 Å². The molecule has 5 nitrogen and oxygen atoms in total. The van der Waals surface area contributed by atoms with Gasteiger partial charge in [0.2, 0.25) is 11.8 Å². The van der Waals surface area contributed by atoms with E-state index in [1.807, 2.05) is 26.0 Å². The van der Waals surface area contributed by atoms with Gasteiger partial charge in [-0.3, -0.25) is 10.1 Å². The maximum absolute atomic E-state index is 12.2. The van der Waals surface area contributed by atoms with Crippen molar-refractivity contribution >= 4 is 11.9 Å². The molecule has 1 fully saturated rings. The van der Waals surface area contributed by atoms with Crippen molar-refractivity contribution in [3.05, 3.63) is 29.3 Å². The lowest BCUT2D eigenvalue weighted by Crippen LogP contribution is -2.24. The normalized spacial score (nSPS) is 15.7. The van der Waals surface area contributed by atoms with E-state index < -0.39 is 0 Å². The SMILES string of the molecule is Cc1cc(C)cc(-c2nnc(NC(=O)C3CCCCC3)o2)c1. The van der Waals surface area contributed by atoms with Gasteiger partial charge >= 0.3 is 6.01 Å². The molecule has 1 aromatic heterocycles. The second kappa shape index (κ2) is 6.30. The highest BCUT2D eigenvalue weighted by Crippen LogP contribution is 2.26. The lowest BCUT2D eigenvalue weighted by Gasteiger charge is -2.19. The number of aryl methyl sites for hydroxylation is 2. The Bertz CT molecular complexity index is 652. The van der Waals surface area contributed by atoms with Gasteiger partial charge in [0.15, 0.2) is 0 Å². The highest BCUT2D eigenvalue weighted by atomic mass is 16.4. The molecule has 1 amide bonds. The molecule has 0 saturated heterocycles. The summed E-state index contributed by atoms with van der Waals surface area (Å²) in [6, 6.07) is 6.26. The lowest BCUT2D eigenvalue weighted by molar-refractivity contribution is -0.120. The molecule has 0 spiro atoms. The van der Waals surface area contributed by atoms with E-state index >= 15 is 0 Å². The van der Waals surface area contributed by atoms with E-state index in [1.165, 1.54) is 6.42 Å². The number of anilines is 1. The van der Waals surface area contributed by atoms with Crippen molar-refractivity contribution in [3.8, 4) is 11.5 Å². The number of benzene rings is 1. The molecule has 1 heterocycles. The number of carbonyl (C=O) groups excluding carboxylic acids is 1. The van der Waals surface area contributed by atoms with Crippen LogP contribution in [-0.2, 0) is 4.79 Å². The molecule has 22 heavy (non-hydrogen) atoms. The molecule has 0 aliphatic heterocycles. The van der Waals surface area contributed by atoms with Crippen molar-refractivity contribution in [3.63, 3.8) is 0 Å². The van der Waals surface area contributed by atoms with Crippen molar-refractivity contribution in [2.75, 3.05) is 5.32 Å². The van der Waals surface area contributed by atoms with E-state index in [-0.39, 0.29) is 17.8 Å². The first-order valence-corrected chi connectivity index (χ1v) is 7.85. The van der Waals surface area contributed by atoms with E-state index in [1.54, 1.807) is 0 Å². The zero-order valence-corrected chi connectivity index (χ0v) is 13.1. The van der Waals surface area contributed by atoms with Gasteiger partial charge in [0.1, 0.15) is 0 Å². The van der Waals surface area contributed by atoms with Gasteiger partial charge in [-0.2, -0.15) is 0 Å². The molecule has 1 N–H and O–H groups in total. The molecule has 116 valence electrons. The van der Waals surface area contributed by atoms with E-state index in [9.17, 15) is 4.79 Å². The first kappa shape index (κ1) is 14.8. The third-order valence-electron chi connectivity index (χ3n) is 4.10. The van der Waals surface area contributed by atoms with Crippen LogP contribution in [0.4, 0.5) is 6.01 Å². The highest BCUT2D eigenvalue weighted by Gasteiger charge is 2.22. The van der Waals surface area contributed by atoms with Gasteiger partial charge in [-0.15, -0.1) is 5.10 Å². The van der Waals surface area contributed by atoms with E-state index in [2.05, 4.69) is 21.6 Å². The van der Waals surface area contributed by atoms with Crippen molar-refractivity contribution in [2.45, 2.75) is 46.0 Å². The van der Waals surface area contributed by atoms with Gasteiger partial charge in [0.05, 0.1) is 0 Å². The minimum atomic E-state index is -0.00433. The summed E-state index contributed by atoms with van der Waals surface area (Å²) in [5, 5.41) is 10.7. The number of hydrogen-bond acceptors (Lipinski definition) is 4. The van der Waals surface area contributed by atoms with Crippen LogP contribution in [0.5, 0.6) is 0 Å². The van der Waals surface area contributed by atoms with Gasteiger partial charge in [0.25, 0.3) is 0 Å². The van der Waals surface area contributed by atoms with E-state index in [0.29, 0.717) is 5.89 Å². The Balaban J connectivity index is 1.72. The molecular formula is C17H21N3O2. The van der Waals surface area contributed by atoms with Crippen LogP contribution >= 0.6 is 0 Å². The maximum atomic E-state index is 12.2. The molecule has 1 aliphatic rings. The van der Waals surface area contributed by atoms with Gasteiger partial charge in [0, 0.05) is 11.5 Å². The number of nitrogens with one attached hydrogen (secondary N) is 1. The summed E-state index contributed by atoms with van der Waals surface area (Å²) in [6.45, 7) is 4.05. The Morgan fingerprint density at radius 1 is 1.09 bits per heavy atom. The van der Waals surface area contributed by atoms with Crippen LogP contribution in [0.25, 0.3) is 11.5 Å². The van der Waals surface area contributed by atoms with Crippen LogP contribution in [0.2, 0.25) is 0 Å². The summed E-state index contributed by atoms with van der Waals surface area (Å²) in [5.74, 6) is 0.506. The number of amides is 1. The maximum Gasteiger partial charge on any atom is 0.322 e. The molecule has 0 unspecified atom stereocenters. The molecule has 1 aromatic carbocycles. The molecule has 3 rings (SSSR count). The average Bonchev–Trinajstić information content (AvgIpc) is 2.96. The molecular weight excluding hydrogens is 278 g/mol. The molecule has 0 atom stereocenters. The minimum absolute atomic E-state index is 0.00433. The predicted octanol–water partition coefficient (Wildman–Crippen LogP) is 3.87. The topological polar surface area (TPSA) is 68.0 Å². The van der Waals surface area contributed by atoms with Crippen LogP contribution in [0, 0.1) is 19.8 Å². The lowest BCUT2D eigenvalue weighted by atomic mass is 9.89. The number of rotatable bonds is 3. The molecule has 1 saturated carbocycles. The fourth-order valence-corrected chi connectivity index (χ4v) is 3.06. The van der Waals surface area contributed by atoms with Crippen LogP contribution in [-0.4, -0.2) is 16.1 Å². The minimum Gasteiger partial charge on any atom is -0.403 e. The first-order chi connectivity index (χ1) is 10.6. The Kier molecular flexibility index (Phi) is 4.22.